The quantitative estimate of drug-likeness (QED) is 0.674. The zero-order valence-electron chi connectivity index (χ0n) is 17.4. The van der Waals surface area contributed by atoms with Crippen molar-refractivity contribution >= 4 is 15.9 Å². The highest BCUT2D eigenvalue weighted by atomic mass is 32.2. The molecule has 0 aliphatic heterocycles. The van der Waals surface area contributed by atoms with Crippen molar-refractivity contribution in [1.82, 2.24) is 9.62 Å². The summed E-state index contributed by atoms with van der Waals surface area (Å²) in [5.41, 5.74) is 1.81. The lowest BCUT2D eigenvalue weighted by molar-refractivity contribution is -0.121. The van der Waals surface area contributed by atoms with E-state index in [-0.39, 0.29) is 23.4 Å². The van der Waals surface area contributed by atoms with E-state index in [4.69, 9.17) is 9.47 Å². The normalized spacial score (nSPS) is 12.5. The second-order valence-electron chi connectivity index (χ2n) is 6.72. The van der Waals surface area contributed by atoms with Crippen LogP contribution in [-0.4, -0.2) is 46.4 Å². The minimum atomic E-state index is -3.74. The van der Waals surface area contributed by atoms with Crippen LogP contribution in [0.3, 0.4) is 0 Å². The molecule has 0 bridgehead atoms. The van der Waals surface area contributed by atoms with Gasteiger partial charge in [0.15, 0.2) is 11.5 Å². The number of amides is 1. The van der Waals surface area contributed by atoms with Gasteiger partial charge in [0.1, 0.15) is 0 Å². The Kier molecular flexibility index (Phi) is 7.64. The molecular weight excluding hydrogens is 392 g/mol. The molecule has 1 unspecified atom stereocenters. The van der Waals surface area contributed by atoms with Gasteiger partial charge in [-0.25, -0.2) is 8.42 Å². The van der Waals surface area contributed by atoms with E-state index < -0.39 is 10.0 Å². The van der Waals surface area contributed by atoms with Gasteiger partial charge in [0.25, 0.3) is 0 Å². The summed E-state index contributed by atoms with van der Waals surface area (Å²) in [6.45, 7) is 3.54. The molecule has 2 aromatic rings. The number of methoxy groups -OCH3 is 2. The summed E-state index contributed by atoms with van der Waals surface area (Å²) in [5, 5.41) is 2.89. The zero-order chi connectivity index (χ0) is 21.6. The Labute approximate surface area is 172 Å². The highest BCUT2D eigenvalue weighted by molar-refractivity contribution is 7.89. The highest BCUT2D eigenvalue weighted by Crippen LogP contribution is 2.30. The summed E-state index contributed by atoms with van der Waals surface area (Å²) in [6, 6.07) is 11.7. The van der Waals surface area contributed by atoms with E-state index in [1.165, 1.54) is 19.2 Å². The molecule has 0 heterocycles. The van der Waals surface area contributed by atoms with E-state index in [0.29, 0.717) is 17.9 Å². The lowest BCUT2D eigenvalue weighted by Gasteiger charge is -2.22. The summed E-state index contributed by atoms with van der Waals surface area (Å²) in [6.07, 6.45) is 0.635. The first-order chi connectivity index (χ1) is 13.7. The third-order valence-corrected chi connectivity index (χ3v) is 6.47. The number of aryl methyl sites for hydroxylation is 1. The second kappa shape index (κ2) is 9.76. The largest absolute Gasteiger partial charge is 0.493 e. The smallest absolute Gasteiger partial charge is 0.243 e. The molecule has 158 valence electrons. The van der Waals surface area contributed by atoms with Gasteiger partial charge in [-0.05, 0) is 43.2 Å². The molecule has 29 heavy (non-hydrogen) atoms. The molecule has 8 heteroatoms. The molecule has 2 rings (SSSR count). The number of hydrogen-bond donors (Lipinski definition) is 1. The van der Waals surface area contributed by atoms with Gasteiger partial charge in [-0.2, -0.15) is 4.31 Å². The number of hydrogen-bond acceptors (Lipinski definition) is 5. The SMILES string of the molecule is CCC(NC(=O)CN(C)S(=O)(=O)c1ccc(C)cc1)c1ccc(OC)c(OC)c1. The summed E-state index contributed by atoms with van der Waals surface area (Å²) in [4.78, 5) is 12.7. The fourth-order valence-corrected chi connectivity index (χ4v) is 4.04. The Hall–Kier alpha value is -2.58. The molecule has 0 aliphatic rings. The van der Waals surface area contributed by atoms with Crippen LogP contribution in [0.25, 0.3) is 0 Å². The van der Waals surface area contributed by atoms with Crippen molar-refractivity contribution in [1.29, 1.82) is 0 Å². The number of nitrogens with one attached hydrogen (secondary N) is 1. The molecule has 1 amide bonds. The van der Waals surface area contributed by atoms with E-state index in [2.05, 4.69) is 5.32 Å². The van der Waals surface area contributed by atoms with Gasteiger partial charge >= 0.3 is 0 Å². The summed E-state index contributed by atoms with van der Waals surface area (Å²) >= 11 is 0. The van der Waals surface area contributed by atoms with Gasteiger partial charge in [-0.15, -0.1) is 0 Å². The summed E-state index contributed by atoms with van der Waals surface area (Å²) < 4.78 is 37.0. The van der Waals surface area contributed by atoms with E-state index in [1.807, 2.05) is 19.9 Å². The van der Waals surface area contributed by atoms with Crippen molar-refractivity contribution in [3.8, 4) is 11.5 Å². The highest BCUT2D eigenvalue weighted by Gasteiger charge is 2.24. The van der Waals surface area contributed by atoms with Crippen molar-refractivity contribution < 1.29 is 22.7 Å². The van der Waals surface area contributed by atoms with Crippen LogP contribution in [0.15, 0.2) is 47.4 Å². The Morgan fingerprint density at radius 3 is 2.24 bits per heavy atom. The monoisotopic (exact) mass is 420 g/mol. The third kappa shape index (κ3) is 5.48. The van der Waals surface area contributed by atoms with Crippen molar-refractivity contribution in [2.45, 2.75) is 31.2 Å². The lowest BCUT2D eigenvalue weighted by atomic mass is 10.0. The lowest BCUT2D eigenvalue weighted by Crippen LogP contribution is -2.39. The second-order valence-corrected chi connectivity index (χ2v) is 8.76. The van der Waals surface area contributed by atoms with Gasteiger partial charge in [0.2, 0.25) is 15.9 Å². The number of sulfonamides is 1. The van der Waals surface area contributed by atoms with Crippen LogP contribution in [0.4, 0.5) is 0 Å². The minimum Gasteiger partial charge on any atom is -0.493 e. The van der Waals surface area contributed by atoms with Gasteiger partial charge < -0.3 is 14.8 Å². The Morgan fingerprint density at radius 2 is 1.69 bits per heavy atom. The van der Waals surface area contributed by atoms with Gasteiger partial charge in [0, 0.05) is 7.05 Å². The maximum absolute atomic E-state index is 12.7. The zero-order valence-corrected chi connectivity index (χ0v) is 18.2. The van der Waals surface area contributed by atoms with Crippen LogP contribution in [0, 0.1) is 6.92 Å². The van der Waals surface area contributed by atoms with Crippen molar-refractivity contribution in [2.75, 3.05) is 27.8 Å². The molecule has 1 N–H and O–H groups in total. The number of ether oxygens (including phenoxy) is 2. The first-order valence-corrected chi connectivity index (χ1v) is 10.7. The predicted molar refractivity (Wildman–Crippen MR) is 112 cm³/mol. The first kappa shape index (κ1) is 22.7. The van der Waals surface area contributed by atoms with Crippen LogP contribution in [0.2, 0.25) is 0 Å². The average Bonchev–Trinajstić information content (AvgIpc) is 2.71. The number of likely N-dealkylation sites (N-methyl/N-ethyl adjacent to an activating group) is 1. The number of nitrogens with zero attached hydrogens (tertiary/aromatic N) is 1. The maximum atomic E-state index is 12.7. The fraction of sp³-hybridized carbons (Fsp3) is 0.381. The van der Waals surface area contributed by atoms with Crippen LogP contribution in [-0.2, 0) is 14.8 Å². The Bertz CT molecular complexity index is 942. The standard InChI is InChI=1S/C21H28N2O5S/c1-6-18(16-9-12-19(27-4)20(13-16)28-5)22-21(24)14-23(3)29(25,26)17-10-7-15(2)8-11-17/h7-13,18H,6,14H2,1-5H3,(H,22,24). The summed E-state index contributed by atoms with van der Waals surface area (Å²) in [7, 11) is 0.757. The first-order valence-electron chi connectivity index (χ1n) is 9.27. The Balaban J connectivity index is 2.10. The van der Waals surface area contributed by atoms with Crippen LogP contribution >= 0.6 is 0 Å². The van der Waals surface area contributed by atoms with E-state index in [9.17, 15) is 13.2 Å². The van der Waals surface area contributed by atoms with Gasteiger partial charge in [-0.3, -0.25) is 4.79 Å². The maximum Gasteiger partial charge on any atom is 0.243 e. The Morgan fingerprint density at radius 1 is 1.07 bits per heavy atom. The summed E-state index contributed by atoms with van der Waals surface area (Å²) in [5.74, 6) is 0.781. The topological polar surface area (TPSA) is 84.9 Å². The van der Waals surface area contributed by atoms with E-state index in [1.54, 1.807) is 38.5 Å². The van der Waals surface area contributed by atoms with Gasteiger partial charge in [-0.1, -0.05) is 30.7 Å². The van der Waals surface area contributed by atoms with Crippen LogP contribution in [0.5, 0.6) is 11.5 Å². The minimum absolute atomic E-state index is 0.158. The molecule has 0 saturated heterocycles. The molecule has 1 atom stereocenters. The molecule has 0 saturated carbocycles. The third-order valence-electron chi connectivity index (χ3n) is 4.65. The predicted octanol–water partition coefficient (Wildman–Crippen LogP) is 2.90. The van der Waals surface area contributed by atoms with E-state index >= 15 is 0 Å². The molecule has 2 aromatic carbocycles. The molecule has 0 fully saturated rings. The molecule has 0 spiro atoms. The van der Waals surface area contributed by atoms with Crippen molar-refractivity contribution in [3.05, 3.63) is 53.6 Å². The molecule has 0 aromatic heterocycles. The fourth-order valence-electron chi connectivity index (χ4n) is 2.91. The van der Waals surface area contributed by atoms with Crippen LogP contribution in [0.1, 0.15) is 30.5 Å². The van der Waals surface area contributed by atoms with Crippen molar-refractivity contribution in [3.63, 3.8) is 0 Å². The molecular formula is C21H28N2O5S. The molecule has 0 aliphatic carbocycles. The van der Waals surface area contributed by atoms with Gasteiger partial charge in [0.05, 0.1) is 31.7 Å². The van der Waals surface area contributed by atoms with Crippen molar-refractivity contribution in [2.24, 2.45) is 0 Å². The van der Waals surface area contributed by atoms with Crippen LogP contribution < -0.4 is 14.8 Å². The number of carbonyl (C=O) groups is 1. The molecule has 7 nitrogen and oxygen atoms in total. The van der Waals surface area contributed by atoms with E-state index in [0.717, 1.165) is 15.4 Å². The number of benzene rings is 2. The number of rotatable bonds is 9. The molecule has 0 radical (unpaired) electrons. The number of carbonyl (C=O) groups excluding carboxylic acids is 1. The average molecular weight is 421 g/mol.